The summed E-state index contributed by atoms with van der Waals surface area (Å²) in [6.45, 7) is 8.01. The highest BCUT2D eigenvalue weighted by atomic mass is 16.6. The molecule has 2 aliphatic carbocycles. The Labute approximate surface area is 202 Å². The fourth-order valence-electron chi connectivity index (χ4n) is 5.34. The molecule has 0 aliphatic heterocycles. The van der Waals surface area contributed by atoms with E-state index >= 15 is 0 Å². The van der Waals surface area contributed by atoms with Crippen LogP contribution < -0.4 is 0 Å². The van der Waals surface area contributed by atoms with E-state index in [9.17, 15) is 14.7 Å². The molecule has 0 saturated heterocycles. The summed E-state index contributed by atoms with van der Waals surface area (Å²) < 4.78 is 13.2. The Balaban J connectivity index is 1.85. The number of hydrogen-bond donors (Lipinski definition) is 1. The largest absolute Gasteiger partial charge is 0.462 e. The lowest BCUT2D eigenvalue weighted by atomic mass is 9.64. The standard InChI is InChI=1S/C27H38N2O5/c1-17(2)22-11-9-18(3)23-14-26(34-27(32)12-10-20-15-29(5)16-28-20)25(31)8-6-7-21(13-24(22)23)33-19(4)30/h6,8-10,12,15-17,21-26,31H,7,11,13-14H2,1-5H3/b8-6-,12-10+/t21-,22-,23+,24-,25-,26+/m1/s1. The highest BCUT2D eigenvalue weighted by Crippen LogP contribution is 2.45. The number of aryl methyl sites for hydroxylation is 1. The number of hydrogen-bond acceptors (Lipinski definition) is 6. The highest BCUT2D eigenvalue weighted by Gasteiger charge is 2.40. The number of imidazole rings is 1. The number of aliphatic hydroxyl groups excluding tert-OH is 1. The first-order chi connectivity index (χ1) is 16.1. The summed E-state index contributed by atoms with van der Waals surface area (Å²) in [5.41, 5.74) is 1.90. The van der Waals surface area contributed by atoms with Gasteiger partial charge in [-0.05, 0) is 55.9 Å². The maximum atomic E-state index is 12.6. The zero-order valence-electron chi connectivity index (χ0n) is 20.9. The molecule has 7 nitrogen and oxygen atoms in total. The second-order valence-corrected chi connectivity index (χ2v) is 9.99. The van der Waals surface area contributed by atoms with Crippen LogP contribution in [0.5, 0.6) is 0 Å². The van der Waals surface area contributed by atoms with E-state index in [0.717, 1.165) is 12.8 Å². The SMILES string of the molecule is CC(=O)O[C@@H]1C/C=C\[C@@H](O)[C@@H](OC(=O)/C=C/c2cn(C)cn2)C[C@H]2C(C)=CC[C@H](C(C)C)[C@H]2C1. The van der Waals surface area contributed by atoms with Crippen molar-refractivity contribution in [2.45, 2.75) is 71.7 Å². The van der Waals surface area contributed by atoms with Crippen molar-refractivity contribution in [1.29, 1.82) is 0 Å². The average molecular weight is 471 g/mol. The first-order valence-corrected chi connectivity index (χ1v) is 12.2. The minimum absolute atomic E-state index is 0.123. The van der Waals surface area contributed by atoms with Gasteiger partial charge in [0.05, 0.1) is 12.0 Å². The third kappa shape index (κ3) is 6.92. The zero-order chi connectivity index (χ0) is 24.8. The van der Waals surface area contributed by atoms with Gasteiger partial charge in [-0.3, -0.25) is 4.79 Å². The zero-order valence-corrected chi connectivity index (χ0v) is 20.9. The lowest BCUT2D eigenvalue weighted by Crippen LogP contribution is -2.40. The van der Waals surface area contributed by atoms with Crippen LogP contribution >= 0.6 is 0 Å². The highest BCUT2D eigenvalue weighted by molar-refractivity contribution is 5.86. The molecule has 0 spiro atoms. The van der Waals surface area contributed by atoms with Crippen LogP contribution in [0.25, 0.3) is 6.08 Å². The summed E-state index contributed by atoms with van der Waals surface area (Å²) in [7, 11) is 1.86. The lowest BCUT2D eigenvalue weighted by molar-refractivity contribution is -0.151. The number of aromatic nitrogens is 2. The van der Waals surface area contributed by atoms with E-state index in [1.807, 2.05) is 13.1 Å². The third-order valence-electron chi connectivity index (χ3n) is 7.07. The van der Waals surface area contributed by atoms with Gasteiger partial charge in [-0.2, -0.15) is 0 Å². The van der Waals surface area contributed by atoms with E-state index in [1.54, 1.807) is 29.2 Å². The Morgan fingerprint density at radius 2 is 2.00 bits per heavy atom. The van der Waals surface area contributed by atoms with E-state index in [0.29, 0.717) is 30.4 Å². The molecule has 0 bridgehead atoms. The van der Waals surface area contributed by atoms with E-state index < -0.39 is 18.2 Å². The topological polar surface area (TPSA) is 90.7 Å². The molecule has 0 radical (unpaired) electrons. The molecule has 0 unspecified atom stereocenters. The van der Waals surface area contributed by atoms with Crippen molar-refractivity contribution < 1.29 is 24.2 Å². The van der Waals surface area contributed by atoms with Crippen LogP contribution in [0.15, 0.2) is 42.4 Å². The number of fused-ring (bicyclic) bond motifs is 1. The minimum Gasteiger partial charge on any atom is -0.462 e. The van der Waals surface area contributed by atoms with Gasteiger partial charge < -0.3 is 19.1 Å². The number of ether oxygens (including phenoxy) is 2. The number of nitrogens with zero attached hydrogens (tertiary/aromatic N) is 2. The van der Waals surface area contributed by atoms with Gasteiger partial charge in [0.1, 0.15) is 18.3 Å². The molecule has 3 rings (SSSR count). The molecule has 34 heavy (non-hydrogen) atoms. The van der Waals surface area contributed by atoms with Crippen LogP contribution in [0.4, 0.5) is 0 Å². The van der Waals surface area contributed by atoms with Gasteiger partial charge in [0.25, 0.3) is 0 Å². The number of allylic oxidation sites excluding steroid dienone is 2. The van der Waals surface area contributed by atoms with Crippen LogP contribution in [0.1, 0.15) is 59.1 Å². The second-order valence-electron chi connectivity index (χ2n) is 9.99. The van der Waals surface area contributed by atoms with Gasteiger partial charge in [0.2, 0.25) is 0 Å². The summed E-state index contributed by atoms with van der Waals surface area (Å²) in [4.78, 5) is 28.5. The lowest BCUT2D eigenvalue weighted by Gasteiger charge is -2.43. The van der Waals surface area contributed by atoms with Crippen LogP contribution in [0, 0.1) is 23.7 Å². The van der Waals surface area contributed by atoms with E-state index in [-0.39, 0.29) is 23.9 Å². The van der Waals surface area contributed by atoms with Crippen LogP contribution in [-0.2, 0) is 26.1 Å². The normalized spacial score (nSPS) is 31.0. The Kier molecular flexibility index (Phi) is 8.89. The maximum absolute atomic E-state index is 12.6. The Hall–Kier alpha value is -2.67. The van der Waals surface area contributed by atoms with Gasteiger partial charge >= 0.3 is 11.9 Å². The maximum Gasteiger partial charge on any atom is 0.331 e. The molecule has 0 saturated carbocycles. The molecular weight excluding hydrogens is 432 g/mol. The summed E-state index contributed by atoms with van der Waals surface area (Å²) in [6, 6.07) is 0. The molecule has 7 heteroatoms. The Morgan fingerprint density at radius 1 is 1.24 bits per heavy atom. The predicted octanol–water partition coefficient (Wildman–Crippen LogP) is 4.23. The van der Waals surface area contributed by atoms with Gasteiger partial charge in [0, 0.05) is 32.7 Å². The second kappa shape index (κ2) is 11.6. The monoisotopic (exact) mass is 470 g/mol. The first kappa shape index (κ1) is 25.9. The number of esters is 2. The smallest absolute Gasteiger partial charge is 0.331 e. The van der Waals surface area contributed by atoms with Crippen molar-refractivity contribution >= 4 is 18.0 Å². The van der Waals surface area contributed by atoms with Gasteiger partial charge in [-0.25, -0.2) is 9.78 Å². The Bertz CT molecular complexity index is 945. The molecular formula is C27H38N2O5. The summed E-state index contributed by atoms with van der Waals surface area (Å²) in [6.07, 6.45) is 13.1. The molecule has 6 atom stereocenters. The number of carbonyl (C=O) groups is 2. The predicted molar refractivity (Wildman–Crippen MR) is 130 cm³/mol. The number of aliphatic hydroxyl groups is 1. The molecule has 2 aliphatic rings. The molecule has 0 amide bonds. The molecule has 1 aromatic rings. The average Bonchev–Trinajstić information content (AvgIpc) is 3.18. The van der Waals surface area contributed by atoms with Crippen molar-refractivity contribution in [2.24, 2.45) is 30.7 Å². The minimum atomic E-state index is -0.948. The third-order valence-corrected chi connectivity index (χ3v) is 7.07. The van der Waals surface area contributed by atoms with Gasteiger partial charge in [-0.1, -0.05) is 37.6 Å². The summed E-state index contributed by atoms with van der Waals surface area (Å²) in [5.74, 6) is 0.472. The van der Waals surface area contributed by atoms with E-state index in [4.69, 9.17) is 9.47 Å². The van der Waals surface area contributed by atoms with Gasteiger partial charge in [0.15, 0.2) is 0 Å². The fourth-order valence-corrected chi connectivity index (χ4v) is 5.34. The number of carbonyl (C=O) groups excluding carboxylic acids is 2. The van der Waals surface area contributed by atoms with Crippen LogP contribution in [-0.4, -0.2) is 44.9 Å². The van der Waals surface area contributed by atoms with E-state index in [2.05, 4.69) is 31.8 Å². The van der Waals surface area contributed by atoms with Crippen molar-refractivity contribution in [1.82, 2.24) is 9.55 Å². The first-order valence-electron chi connectivity index (χ1n) is 12.2. The summed E-state index contributed by atoms with van der Waals surface area (Å²) >= 11 is 0. The fraction of sp³-hybridized carbons (Fsp3) is 0.593. The van der Waals surface area contributed by atoms with Crippen molar-refractivity contribution in [3.8, 4) is 0 Å². The van der Waals surface area contributed by atoms with E-state index in [1.165, 1.54) is 18.6 Å². The van der Waals surface area contributed by atoms with Crippen molar-refractivity contribution in [3.05, 3.63) is 48.1 Å². The van der Waals surface area contributed by atoms with Crippen molar-refractivity contribution in [2.75, 3.05) is 0 Å². The van der Waals surface area contributed by atoms with Gasteiger partial charge in [-0.15, -0.1) is 0 Å². The van der Waals surface area contributed by atoms with Crippen molar-refractivity contribution in [3.63, 3.8) is 0 Å². The summed E-state index contributed by atoms with van der Waals surface area (Å²) in [5, 5.41) is 10.9. The van der Waals surface area contributed by atoms with Crippen LogP contribution in [0.2, 0.25) is 0 Å². The molecule has 186 valence electrons. The molecule has 0 aromatic carbocycles. The molecule has 1 heterocycles. The van der Waals surface area contributed by atoms with Crippen LogP contribution in [0.3, 0.4) is 0 Å². The molecule has 1 aromatic heterocycles. The molecule has 1 N–H and O–H groups in total. The molecule has 0 fully saturated rings. The number of rotatable bonds is 5. The quantitative estimate of drug-likeness (QED) is 0.393. The Morgan fingerprint density at radius 3 is 2.65 bits per heavy atom.